The normalized spacial score (nSPS) is 42.7. The first kappa shape index (κ1) is 24.0. The molecule has 0 spiro atoms. The Morgan fingerprint density at radius 2 is 2.00 bits per heavy atom. The fourth-order valence-electron chi connectivity index (χ4n) is 7.67. The summed E-state index contributed by atoms with van der Waals surface area (Å²) in [7, 11) is 0. The van der Waals surface area contributed by atoms with Gasteiger partial charge in [0.25, 0.3) is 0 Å². The van der Waals surface area contributed by atoms with E-state index in [-0.39, 0.29) is 60.2 Å². The van der Waals surface area contributed by atoms with Crippen molar-refractivity contribution in [3.05, 3.63) is 47.0 Å². The topological polar surface area (TPSA) is 99.8 Å². The molecule has 32 heavy (non-hydrogen) atoms. The van der Waals surface area contributed by atoms with Gasteiger partial charge >= 0.3 is 29.6 Å². The molecule has 4 aliphatic rings. The maximum absolute atomic E-state index is 13.4. The Morgan fingerprint density at radius 1 is 1.28 bits per heavy atom. The van der Waals surface area contributed by atoms with Crippen molar-refractivity contribution in [2.75, 3.05) is 0 Å². The van der Waals surface area contributed by atoms with Crippen LogP contribution in [-0.2, 0) is 14.3 Å². The van der Waals surface area contributed by atoms with Gasteiger partial charge < -0.3 is 24.2 Å². The molecular formula is C25H29NaO6. The van der Waals surface area contributed by atoms with E-state index >= 15 is 0 Å². The van der Waals surface area contributed by atoms with Crippen LogP contribution in [0.4, 0.5) is 0 Å². The van der Waals surface area contributed by atoms with Gasteiger partial charge in [0.15, 0.2) is 0 Å². The summed E-state index contributed by atoms with van der Waals surface area (Å²) < 4.78 is 11.8. The van der Waals surface area contributed by atoms with Crippen molar-refractivity contribution in [2.24, 2.45) is 22.7 Å². The average molecular weight is 448 g/mol. The zero-order valence-electron chi connectivity index (χ0n) is 19.4. The number of aliphatic hydroxyl groups is 1. The summed E-state index contributed by atoms with van der Waals surface area (Å²) in [5.41, 5.74) is 2.40. The zero-order chi connectivity index (χ0) is 22.3. The number of carbonyl (C=O) groups is 2. The van der Waals surface area contributed by atoms with Gasteiger partial charge in [-0.3, -0.25) is 4.79 Å². The molecule has 1 aliphatic heterocycles. The molecule has 2 fully saturated rings. The van der Waals surface area contributed by atoms with Gasteiger partial charge in [-0.2, -0.15) is 0 Å². The van der Waals surface area contributed by atoms with E-state index in [1.165, 1.54) is 0 Å². The van der Waals surface area contributed by atoms with Crippen LogP contribution in [0.1, 0.15) is 58.4 Å². The number of furan rings is 1. The third-order valence-electron chi connectivity index (χ3n) is 8.96. The number of fused-ring (bicyclic) bond motifs is 4. The minimum Gasteiger partial charge on any atom is -0.550 e. The molecule has 0 radical (unpaired) electrons. The summed E-state index contributed by atoms with van der Waals surface area (Å²) >= 11 is 0. The summed E-state index contributed by atoms with van der Waals surface area (Å²) in [6, 6.07) is 1.94. The molecule has 6 nitrogen and oxygen atoms in total. The molecule has 0 bridgehead atoms. The van der Waals surface area contributed by atoms with Gasteiger partial charge in [-0.15, -0.1) is 0 Å². The van der Waals surface area contributed by atoms with Crippen LogP contribution in [0, 0.1) is 22.7 Å². The van der Waals surface area contributed by atoms with Crippen molar-refractivity contribution in [3.8, 4) is 0 Å². The molecule has 1 saturated heterocycles. The Morgan fingerprint density at radius 3 is 2.62 bits per heavy atom. The minimum atomic E-state index is -1.17. The number of ether oxygens (including phenoxy) is 1. The van der Waals surface area contributed by atoms with Crippen LogP contribution in [0.3, 0.4) is 0 Å². The van der Waals surface area contributed by atoms with Crippen LogP contribution in [0.15, 0.2) is 45.8 Å². The largest absolute Gasteiger partial charge is 1.00 e. The number of aliphatic carboxylic acids is 1. The second-order valence-corrected chi connectivity index (χ2v) is 10.2. The number of rotatable bonds is 3. The van der Waals surface area contributed by atoms with Crippen LogP contribution >= 0.6 is 0 Å². The number of carboxylic acid groups (broad SMARTS) is 1. The molecule has 1 N–H and O–H groups in total. The maximum atomic E-state index is 13.4. The fraction of sp³-hybridized carbons (Fsp3) is 0.600. The number of Topliss-reactive ketones (excluding diaryl/α,β-unsaturated/α-hetero) is 1. The molecule has 1 saturated carbocycles. The quantitative estimate of drug-likeness (QED) is 0.496. The number of allylic oxidation sites excluding steroid dienone is 2. The van der Waals surface area contributed by atoms with Crippen LogP contribution in [0.25, 0.3) is 0 Å². The van der Waals surface area contributed by atoms with Gasteiger partial charge in [0, 0.05) is 35.1 Å². The summed E-state index contributed by atoms with van der Waals surface area (Å²) in [4.78, 5) is 25.3. The second kappa shape index (κ2) is 7.95. The van der Waals surface area contributed by atoms with Gasteiger partial charge in [0.2, 0.25) is 0 Å². The molecule has 3 aliphatic carbocycles. The molecule has 2 unspecified atom stereocenters. The molecule has 0 amide bonds. The third kappa shape index (κ3) is 2.96. The van der Waals surface area contributed by atoms with Crippen LogP contribution in [0.2, 0.25) is 0 Å². The Labute approximate surface area is 210 Å². The maximum Gasteiger partial charge on any atom is 1.00 e. The van der Waals surface area contributed by atoms with Crippen molar-refractivity contribution in [1.82, 2.24) is 0 Å². The first-order chi connectivity index (χ1) is 14.6. The molecule has 1 aromatic heterocycles. The van der Waals surface area contributed by atoms with Gasteiger partial charge in [0.1, 0.15) is 5.78 Å². The van der Waals surface area contributed by atoms with Gasteiger partial charge in [-0.25, -0.2) is 0 Å². The predicted molar refractivity (Wildman–Crippen MR) is 110 cm³/mol. The van der Waals surface area contributed by atoms with E-state index in [4.69, 9.17) is 9.15 Å². The third-order valence-corrected chi connectivity index (χ3v) is 8.96. The number of ketones is 1. The smallest absolute Gasteiger partial charge is 0.550 e. The number of aliphatic hydroxyl groups excluding tert-OH is 1. The van der Waals surface area contributed by atoms with Crippen molar-refractivity contribution >= 4 is 11.8 Å². The Balaban J connectivity index is 0.00000245. The van der Waals surface area contributed by atoms with Crippen molar-refractivity contribution in [1.29, 1.82) is 0 Å². The van der Waals surface area contributed by atoms with E-state index < -0.39 is 40.8 Å². The van der Waals surface area contributed by atoms with E-state index in [2.05, 4.69) is 6.92 Å². The van der Waals surface area contributed by atoms with E-state index in [9.17, 15) is 19.8 Å². The summed E-state index contributed by atoms with van der Waals surface area (Å²) in [5, 5.41) is 23.5. The first-order valence-electron chi connectivity index (χ1n) is 11.1. The summed E-state index contributed by atoms with van der Waals surface area (Å²) in [6.45, 7) is 7.83. The van der Waals surface area contributed by atoms with Crippen LogP contribution in [0.5, 0.6) is 0 Å². The van der Waals surface area contributed by atoms with Crippen LogP contribution in [-0.4, -0.2) is 35.2 Å². The Kier molecular flexibility index (Phi) is 5.95. The van der Waals surface area contributed by atoms with Crippen molar-refractivity contribution in [2.45, 2.75) is 71.2 Å². The number of carbonyl (C=O) groups excluding carboxylic acids is 2. The SMILES string of the molecule is CC1=CCC(=O)[C@]2(C)C(CC(=O)[O-])[C@]3(C)C4=C(C)C(c5ccoc5)C[C@@H]4O[C@@H]3[C@H](O)[C@@H]12.[Na+]. The van der Waals surface area contributed by atoms with Gasteiger partial charge in [-0.05, 0) is 49.8 Å². The van der Waals surface area contributed by atoms with E-state index in [1.54, 1.807) is 12.5 Å². The predicted octanol–water partition coefficient (Wildman–Crippen LogP) is -0.467. The molecule has 0 aromatic carbocycles. The first-order valence-corrected chi connectivity index (χ1v) is 11.1. The average Bonchev–Trinajstić information content (AvgIpc) is 3.39. The molecule has 166 valence electrons. The van der Waals surface area contributed by atoms with Gasteiger partial charge in [0.05, 0.1) is 30.8 Å². The summed E-state index contributed by atoms with van der Waals surface area (Å²) in [6.07, 6.45) is 4.34. The molecular weight excluding hydrogens is 419 g/mol. The molecule has 7 heteroatoms. The van der Waals surface area contributed by atoms with E-state index in [0.717, 1.165) is 28.7 Å². The van der Waals surface area contributed by atoms with E-state index in [0.29, 0.717) is 0 Å². The fourth-order valence-corrected chi connectivity index (χ4v) is 7.67. The number of carboxylic acids is 1. The molecule has 5 rings (SSSR count). The number of hydrogen-bond acceptors (Lipinski definition) is 6. The van der Waals surface area contributed by atoms with Crippen molar-refractivity contribution in [3.63, 3.8) is 0 Å². The standard InChI is InChI=1S/C25H30O6.Na/c1-12-5-6-18(26)24(3)17(10-19(27)28)25(4)21-13(2)15(14-7-8-30-11-14)9-16(21)31-23(25)22(29)20(12)24;/h5,7-8,11,15-17,20,22-23,29H,6,9-10H2,1-4H3,(H,27,28);/q;+1/p-1/t15?,16-,17?,20+,22+,23+,24-,25+;/m0./s1. The Hall–Kier alpha value is -1.18. The monoisotopic (exact) mass is 448 g/mol. The summed E-state index contributed by atoms with van der Waals surface area (Å²) in [5.74, 6) is -2.06. The Bertz CT molecular complexity index is 1010. The minimum absolute atomic E-state index is 0. The zero-order valence-corrected chi connectivity index (χ0v) is 21.4. The number of hydrogen-bond donors (Lipinski definition) is 1. The molecule has 8 atom stereocenters. The van der Waals surface area contributed by atoms with E-state index in [1.807, 2.05) is 32.9 Å². The molecule has 1 aromatic rings. The molecule has 2 heterocycles. The van der Waals surface area contributed by atoms with Crippen LogP contribution < -0.4 is 34.7 Å². The van der Waals surface area contributed by atoms with Crippen molar-refractivity contribution < 1.29 is 58.5 Å². The van der Waals surface area contributed by atoms with Gasteiger partial charge in [-0.1, -0.05) is 31.1 Å². The second-order valence-electron chi connectivity index (χ2n) is 10.2.